The zero-order valence-corrected chi connectivity index (χ0v) is 5.37. The lowest BCUT2D eigenvalue weighted by atomic mass is 10.4. The summed E-state index contributed by atoms with van der Waals surface area (Å²) in [6.07, 6.45) is 0. The van der Waals surface area contributed by atoms with Gasteiger partial charge < -0.3 is 9.94 Å². The van der Waals surface area contributed by atoms with Crippen LogP contribution in [-0.2, 0) is 9.53 Å². The quantitative estimate of drug-likeness (QED) is 0.192. The molecule has 0 saturated carbocycles. The van der Waals surface area contributed by atoms with E-state index in [0.717, 1.165) is 0 Å². The Kier molecular flexibility index (Phi) is 3.64. The maximum Gasteiger partial charge on any atom is 0.319 e. The lowest BCUT2D eigenvalue weighted by Crippen LogP contribution is -2.15. The minimum atomic E-state index is -0.982. The highest BCUT2D eigenvalue weighted by molar-refractivity contribution is 6.42. The lowest BCUT2D eigenvalue weighted by molar-refractivity contribution is -0.109. The first-order chi connectivity index (χ1) is 4.76. The van der Waals surface area contributed by atoms with Crippen molar-refractivity contribution in [2.75, 3.05) is 6.61 Å². The summed E-state index contributed by atoms with van der Waals surface area (Å²) in [5, 5.41) is 18.5. The van der Waals surface area contributed by atoms with Crippen LogP contribution in [0, 0.1) is 11.3 Å². The molecule has 0 aromatic heterocycles. The monoisotopic (exact) mass is 142 g/mol. The summed E-state index contributed by atoms with van der Waals surface area (Å²) in [4.78, 5) is 10.4. The van der Waals surface area contributed by atoms with Crippen LogP contribution in [0.5, 0.6) is 0 Å². The minimum absolute atomic E-state index is 0.187. The number of carbonyl (C=O) groups is 1. The summed E-state index contributed by atoms with van der Waals surface area (Å²) >= 11 is 0. The Labute approximate surface area is 57.5 Å². The molecule has 0 rings (SSSR count). The van der Waals surface area contributed by atoms with Gasteiger partial charge in [-0.15, -0.1) is 0 Å². The molecule has 0 fully saturated rings. The number of Topliss-reactive ketones (excluding diaryl/α,β-unsaturated/α-hetero) is 1. The van der Waals surface area contributed by atoms with Gasteiger partial charge in [0.2, 0.25) is 0 Å². The lowest BCUT2D eigenvalue weighted by Gasteiger charge is -1.96. The number of rotatable bonds is 2. The summed E-state index contributed by atoms with van der Waals surface area (Å²) in [5.74, 6) is -1.55. The molecule has 0 aliphatic rings. The van der Waals surface area contributed by atoms with Gasteiger partial charge in [-0.05, 0) is 12.1 Å². The summed E-state index contributed by atoms with van der Waals surface area (Å²) < 4.78 is 4.47. The van der Waals surface area contributed by atoms with Crippen LogP contribution in [0.3, 0.4) is 0 Å². The number of ketones is 1. The van der Waals surface area contributed by atoms with Crippen LogP contribution >= 0.6 is 0 Å². The van der Waals surface area contributed by atoms with Crippen molar-refractivity contribution in [2.24, 2.45) is 5.16 Å². The van der Waals surface area contributed by atoms with E-state index in [1.165, 1.54) is 6.07 Å². The molecular formula is C5H6N2O3. The molecule has 1 N–H and O–H groups in total. The van der Waals surface area contributed by atoms with Crippen LogP contribution < -0.4 is 0 Å². The molecule has 0 aliphatic heterocycles. The third-order valence-corrected chi connectivity index (χ3v) is 0.668. The second kappa shape index (κ2) is 4.32. The van der Waals surface area contributed by atoms with Gasteiger partial charge in [0.25, 0.3) is 0 Å². The third kappa shape index (κ3) is 2.13. The molecule has 0 saturated heterocycles. The normalized spacial score (nSPS) is 10.2. The molecule has 5 nitrogen and oxygen atoms in total. The van der Waals surface area contributed by atoms with Gasteiger partial charge in [-0.2, -0.15) is 5.26 Å². The minimum Gasteiger partial charge on any atom is -0.473 e. The smallest absolute Gasteiger partial charge is 0.319 e. The Morgan fingerprint density at radius 3 is 2.80 bits per heavy atom. The molecule has 10 heavy (non-hydrogen) atoms. The molecular weight excluding hydrogens is 136 g/mol. The molecule has 0 amide bonds. The van der Waals surface area contributed by atoms with Crippen molar-refractivity contribution in [3.05, 3.63) is 0 Å². The highest BCUT2D eigenvalue weighted by Gasteiger charge is 2.10. The second-order valence-electron chi connectivity index (χ2n) is 1.28. The van der Waals surface area contributed by atoms with Crippen molar-refractivity contribution in [1.29, 1.82) is 5.26 Å². The van der Waals surface area contributed by atoms with Gasteiger partial charge in [-0.25, -0.2) is 0 Å². The fraction of sp³-hybridized carbons (Fsp3) is 0.400. The standard InChI is InChI=1S/C5H6N2O3/c1-2-10-5(7-9)4(8)3-6/h9H,2H2,1H3. The van der Waals surface area contributed by atoms with E-state index >= 15 is 0 Å². The fourth-order valence-corrected chi connectivity index (χ4v) is 0.324. The van der Waals surface area contributed by atoms with E-state index in [4.69, 9.17) is 10.5 Å². The van der Waals surface area contributed by atoms with E-state index in [9.17, 15) is 4.79 Å². The van der Waals surface area contributed by atoms with Crippen molar-refractivity contribution in [2.45, 2.75) is 6.92 Å². The Bertz CT molecular complexity index is 192. The highest BCUT2D eigenvalue weighted by atomic mass is 16.5. The van der Waals surface area contributed by atoms with Crippen LogP contribution in [0.2, 0.25) is 0 Å². The molecule has 0 spiro atoms. The first kappa shape index (κ1) is 8.43. The Morgan fingerprint density at radius 1 is 1.90 bits per heavy atom. The van der Waals surface area contributed by atoms with Gasteiger partial charge in [0.05, 0.1) is 6.61 Å². The van der Waals surface area contributed by atoms with E-state index in [0.29, 0.717) is 0 Å². The van der Waals surface area contributed by atoms with Gasteiger partial charge in [0.1, 0.15) is 6.07 Å². The number of hydrogen-bond acceptors (Lipinski definition) is 5. The second-order valence-corrected chi connectivity index (χ2v) is 1.28. The van der Waals surface area contributed by atoms with Crippen molar-refractivity contribution in [1.82, 2.24) is 0 Å². The fourth-order valence-electron chi connectivity index (χ4n) is 0.324. The average Bonchev–Trinajstić information content (AvgIpc) is 1.99. The van der Waals surface area contributed by atoms with E-state index in [1.54, 1.807) is 6.92 Å². The van der Waals surface area contributed by atoms with E-state index in [2.05, 4.69) is 9.89 Å². The molecule has 0 aliphatic carbocycles. The predicted molar refractivity (Wildman–Crippen MR) is 31.5 cm³/mol. The van der Waals surface area contributed by atoms with E-state index < -0.39 is 11.7 Å². The zero-order chi connectivity index (χ0) is 7.98. The summed E-state index contributed by atoms with van der Waals surface area (Å²) in [6, 6.07) is 1.25. The van der Waals surface area contributed by atoms with Gasteiger partial charge in [0.15, 0.2) is 0 Å². The van der Waals surface area contributed by atoms with Gasteiger partial charge in [-0.3, -0.25) is 4.79 Å². The van der Waals surface area contributed by atoms with Crippen LogP contribution in [-0.4, -0.2) is 23.5 Å². The van der Waals surface area contributed by atoms with Crippen LogP contribution in [0.4, 0.5) is 0 Å². The van der Waals surface area contributed by atoms with Crippen molar-refractivity contribution >= 4 is 11.7 Å². The average molecular weight is 142 g/mol. The summed E-state index contributed by atoms with van der Waals surface area (Å²) in [5.41, 5.74) is 0. The SMILES string of the molecule is CCOC(=NO)C(=O)C#N. The van der Waals surface area contributed by atoms with Gasteiger partial charge in [-0.1, -0.05) is 0 Å². The van der Waals surface area contributed by atoms with E-state index in [-0.39, 0.29) is 6.61 Å². The number of carbonyl (C=O) groups excluding carboxylic acids is 1. The third-order valence-electron chi connectivity index (χ3n) is 0.668. The molecule has 0 unspecified atom stereocenters. The Morgan fingerprint density at radius 2 is 2.50 bits per heavy atom. The summed E-state index contributed by atoms with van der Waals surface area (Å²) in [6.45, 7) is 1.79. The number of nitrogens with zero attached hydrogens (tertiary/aromatic N) is 2. The molecule has 0 radical (unpaired) electrons. The maximum absolute atomic E-state index is 10.4. The van der Waals surface area contributed by atoms with Gasteiger partial charge in [0, 0.05) is 0 Å². The number of ether oxygens (including phenoxy) is 1. The van der Waals surface area contributed by atoms with Crippen molar-refractivity contribution in [3.8, 4) is 6.07 Å². The van der Waals surface area contributed by atoms with Crippen molar-refractivity contribution in [3.63, 3.8) is 0 Å². The first-order valence-corrected chi connectivity index (χ1v) is 2.55. The molecule has 5 heteroatoms. The number of nitriles is 1. The zero-order valence-electron chi connectivity index (χ0n) is 5.37. The first-order valence-electron chi connectivity index (χ1n) is 2.55. The molecule has 0 aromatic carbocycles. The Hall–Kier alpha value is -1.57. The van der Waals surface area contributed by atoms with Crippen LogP contribution in [0.1, 0.15) is 6.92 Å². The van der Waals surface area contributed by atoms with E-state index in [1.807, 2.05) is 0 Å². The van der Waals surface area contributed by atoms with Crippen LogP contribution in [0.15, 0.2) is 5.16 Å². The molecule has 54 valence electrons. The maximum atomic E-state index is 10.4. The molecule has 0 atom stereocenters. The Balaban J connectivity index is 4.12. The van der Waals surface area contributed by atoms with Crippen LogP contribution in [0.25, 0.3) is 0 Å². The number of oxime groups is 1. The van der Waals surface area contributed by atoms with Crippen molar-refractivity contribution < 1.29 is 14.7 Å². The van der Waals surface area contributed by atoms with Gasteiger partial charge >= 0.3 is 11.7 Å². The molecule has 0 aromatic rings. The predicted octanol–water partition coefficient (Wildman–Crippen LogP) is -0.0967. The molecule has 0 heterocycles. The topological polar surface area (TPSA) is 82.7 Å². The molecule has 0 bridgehead atoms. The number of hydrogen-bond donors (Lipinski definition) is 1. The summed E-state index contributed by atoms with van der Waals surface area (Å²) in [7, 11) is 0. The highest BCUT2D eigenvalue weighted by Crippen LogP contribution is 1.82. The largest absolute Gasteiger partial charge is 0.473 e.